The van der Waals surface area contributed by atoms with Crippen molar-refractivity contribution in [1.82, 2.24) is 9.88 Å². The topological polar surface area (TPSA) is 90.7 Å². The number of aromatic carboxylic acids is 2. The summed E-state index contributed by atoms with van der Waals surface area (Å²) in [6.45, 7) is 4.46. The number of hydrogen-bond acceptors (Lipinski definition) is 5. The first-order valence-corrected chi connectivity index (χ1v) is 7.81. The van der Waals surface area contributed by atoms with Crippen LogP contribution in [0.2, 0.25) is 0 Å². The average Bonchev–Trinajstić information content (AvgIpc) is 2.65. The highest BCUT2D eigenvalue weighted by Crippen LogP contribution is 2.41. The maximum absolute atomic E-state index is 11.2. The number of hydrogen-bond donors (Lipinski definition) is 2. The molecule has 8 heteroatoms. The van der Waals surface area contributed by atoms with Crippen molar-refractivity contribution in [3.05, 3.63) is 39.7 Å². The smallest absolute Gasteiger partial charge is 0.355 e. The molecule has 112 valence electrons. The van der Waals surface area contributed by atoms with Crippen LogP contribution in [0.3, 0.4) is 0 Å². The van der Waals surface area contributed by atoms with Gasteiger partial charge in [0.15, 0.2) is 5.69 Å². The van der Waals surface area contributed by atoms with Gasteiger partial charge in [-0.25, -0.2) is 14.6 Å². The molecule has 1 aromatic rings. The zero-order valence-corrected chi connectivity index (χ0v) is 13.7. The van der Waals surface area contributed by atoms with Crippen molar-refractivity contribution in [1.29, 1.82) is 0 Å². The van der Waals surface area contributed by atoms with Gasteiger partial charge in [-0.15, -0.1) is 0 Å². The zero-order valence-electron chi connectivity index (χ0n) is 11.3. The van der Waals surface area contributed by atoms with Crippen molar-refractivity contribution in [2.75, 3.05) is 0 Å². The number of carboxylic acids is 2. The summed E-state index contributed by atoms with van der Waals surface area (Å²) in [6, 6.07) is 1.37. The van der Waals surface area contributed by atoms with Crippen LogP contribution in [0.15, 0.2) is 22.9 Å². The Balaban J connectivity index is 2.32. The highest BCUT2D eigenvalue weighted by atomic mass is 79.9. The minimum absolute atomic E-state index is 0.0740. The number of carboxylic acid groups (broad SMARTS) is 2. The van der Waals surface area contributed by atoms with Crippen molar-refractivity contribution in [2.45, 2.75) is 24.7 Å². The number of pyridine rings is 1. The van der Waals surface area contributed by atoms with E-state index < -0.39 is 17.6 Å². The largest absolute Gasteiger partial charge is 0.478 e. The van der Waals surface area contributed by atoms with E-state index in [0.29, 0.717) is 12.1 Å². The van der Waals surface area contributed by atoms with E-state index in [-0.39, 0.29) is 9.85 Å². The van der Waals surface area contributed by atoms with Crippen LogP contribution < -0.4 is 0 Å². The van der Waals surface area contributed by atoms with Gasteiger partial charge in [0.2, 0.25) is 0 Å². The summed E-state index contributed by atoms with van der Waals surface area (Å²) < 4.78 is 0.0740. The van der Waals surface area contributed by atoms with Gasteiger partial charge in [-0.2, -0.15) is 0 Å². The summed E-state index contributed by atoms with van der Waals surface area (Å²) in [5.74, 6) is -2.64. The van der Waals surface area contributed by atoms with Gasteiger partial charge < -0.3 is 15.1 Å². The molecule has 0 saturated carbocycles. The van der Waals surface area contributed by atoms with Gasteiger partial charge in [0.05, 0.1) is 5.56 Å². The van der Waals surface area contributed by atoms with Crippen LogP contribution in [-0.4, -0.2) is 36.3 Å². The molecule has 0 amide bonds. The number of allylic oxidation sites excluding steroid dienone is 2. The van der Waals surface area contributed by atoms with Crippen LogP contribution in [-0.2, 0) is 6.54 Å². The Morgan fingerprint density at radius 2 is 2.05 bits per heavy atom. The van der Waals surface area contributed by atoms with Crippen LogP contribution in [0.25, 0.3) is 0 Å². The monoisotopic (exact) mass is 372 g/mol. The standard InChI is InChI=1S/C13H13BrN2O4S/c1-6-7(2)21-13(14)16(6)5-8-3-9(11(17)18)10(12(19)20)15-4-8/h3-4,13H,5H2,1-2H3,(H,17,18)(H,19,20). The van der Waals surface area contributed by atoms with E-state index in [4.69, 9.17) is 10.2 Å². The fraction of sp³-hybridized carbons (Fsp3) is 0.308. The van der Waals surface area contributed by atoms with E-state index in [1.807, 2.05) is 13.8 Å². The Labute approximate surface area is 134 Å². The first-order chi connectivity index (χ1) is 9.81. The van der Waals surface area contributed by atoms with Crippen molar-refractivity contribution >= 4 is 39.6 Å². The van der Waals surface area contributed by atoms with E-state index in [1.165, 1.54) is 17.2 Å². The highest BCUT2D eigenvalue weighted by Gasteiger charge is 2.26. The lowest BCUT2D eigenvalue weighted by Crippen LogP contribution is -2.23. The van der Waals surface area contributed by atoms with Crippen molar-refractivity contribution < 1.29 is 19.8 Å². The Morgan fingerprint density at radius 3 is 2.52 bits per heavy atom. The fourth-order valence-electron chi connectivity index (χ4n) is 1.96. The molecule has 2 rings (SSSR count). The minimum Gasteiger partial charge on any atom is -0.478 e. The maximum Gasteiger partial charge on any atom is 0.355 e. The molecule has 2 N–H and O–H groups in total. The van der Waals surface area contributed by atoms with Crippen molar-refractivity contribution in [3.63, 3.8) is 0 Å². The lowest BCUT2D eigenvalue weighted by atomic mass is 10.1. The van der Waals surface area contributed by atoms with Crippen LogP contribution in [0.4, 0.5) is 0 Å². The molecule has 0 radical (unpaired) electrons. The molecule has 0 saturated heterocycles. The van der Waals surface area contributed by atoms with Crippen molar-refractivity contribution in [2.24, 2.45) is 0 Å². The Bertz CT molecular complexity index is 647. The van der Waals surface area contributed by atoms with Crippen LogP contribution in [0.1, 0.15) is 40.3 Å². The SMILES string of the molecule is CC1=C(C)N(Cc2cnc(C(=O)O)c(C(=O)O)c2)C(Br)S1. The average molecular weight is 373 g/mol. The number of alkyl halides is 1. The molecule has 1 atom stereocenters. The Hall–Kier alpha value is -1.54. The quantitative estimate of drug-likeness (QED) is 0.619. The molecule has 6 nitrogen and oxygen atoms in total. The van der Waals surface area contributed by atoms with E-state index in [0.717, 1.165) is 5.70 Å². The van der Waals surface area contributed by atoms with Gasteiger partial charge in [0, 0.05) is 23.3 Å². The molecule has 1 aliphatic heterocycles. The van der Waals surface area contributed by atoms with E-state index in [9.17, 15) is 9.59 Å². The molecule has 0 bridgehead atoms. The third-order valence-corrected chi connectivity index (χ3v) is 5.34. The van der Waals surface area contributed by atoms with E-state index in [1.54, 1.807) is 11.8 Å². The lowest BCUT2D eigenvalue weighted by Gasteiger charge is -2.23. The van der Waals surface area contributed by atoms with Crippen LogP contribution in [0, 0.1) is 0 Å². The number of halogens is 1. The molecule has 1 unspecified atom stereocenters. The Morgan fingerprint density at radius 1 is 1.38 bits per heavy atom. The molecule has 0 aliphatic carbocycles. The maximum atomic E-state index is 11.2. The van der Waals surface area contributed by atoms with Gasteiger partial charge in [-0.1, -0.05) is 27.7 Å². The number of carbonyl (C=O) groups is 2. The van der Waals surface area contributed by atoms with Crippen molar-refractivity contribution in [3.8, 4) is 0 Å². The molecular formula is C13H13BrN2O4S. The summed E-state index contributed by atoms with van der Waals surface area (Å²) in [5.41, 5.74) is 1.01. The second-order valence-electron chi connectivity index (χ2n) is 4.53. The van der Waals surface area contributed by atoms with Gasteiger partial charge in [-0.05, 0) is 25.5 Å². The Kier molecular flexibility index (Phi) is 4.58. The summed E-state index contributed by atoms with van der Waals surface area (Å²) in [5, 5.41) is 18.1. The predicted molar refractivity (Wildman–Crippen MR) is 82.4 cm³/mol. The predicted octanol–water partition coefficient (Wildman–Crippen LogP) is 2.96. The molecule has 1 aromatic heterocycles. The first-order valence-electron chi connectivity index (χ1n) is 6.01. The fourth-order valence-corrected chi connectivity index (χ4v) is 4.20. The molecule has 0 spiro atoms. The van der Waals surface area contributed by atoms with E-state index in [2.05, 4.69) is 25.8 Å². The number of thioether (sulfide) groups is 1. The number of aromatic nitrogens is 1. The molecule has 2 heterocycles. The molecule has 21 heavy (non-hydrogen) atoms. The molecule has 1 aliphatic rings. The van der Waals surface area contributed by atoms with Gasteiger partial charge in [-0.3, -0.25) is 0 Å². The zero-order chi connectivity index (χ0) is 15.7. The van der Waals surface area contributed by atoms with Gasteiger partial charge in [0.1, 0.15) is 4.28 Å². The second-order valence-corrected chi connectivity index (χ2v) is 7.30. The lowest BCUT2D eigenvalue weighted by molar-refractivity contribution is 0.0646. The van der Waals surface area contributed by atoms with E-state index >= 15 is 0 Å². The van der Waals surface area contributed by atoms with Crippen LogP contribution in [0.5, 0.6) is 0 Å². The number of rotatable bonds is 4. The second kappa shape index (κ2) is 6.07. The normalized spacial score (nSPS) is 18.2. The first kappa shape index (κ1) is 15.8. The summed E-state index contributed by atoms with van der Waals surface area (Å²) in [4.78, 5) is 29.1. The van der Waals surface area contributed by atoms with Gasteiger partial charge >= 0.3 is 11.9 Å². The van der Waals surface area contributed by atoms with Gasteiger partial charge in [0.25, 0.3) is 0 Å². The minimum atomic E-state index is -1.35. The summed E-state index contributed by atoms with van der Waals surface area (Å²) in [7, 11) is 0. The highest BCUT2D eigenvalue weighted by molar-refractivity contribution is 9.11. The number of nitrogens with zero attached hydrogens (tertiary/aromatic N) is 2. The third-order valence-electron chi connectivity index (χ3n) is 3.19. The molecule has 0 aromatic carbocycles. The molecule has 0 fully saturated rings. The molecular weight excluding hydrogens is 360 g/mol. The summed E-state index contributed by atoms with van der Waals surface area (Å²) >= 11 is 5.21. The van der Waals surface area contributed by atoms with Crippen LogP contribution >= 0.6 is 27.7 Å². The third kappa shape index (κ3) is 3.21. The summed E-state index contributed by atoms with van der Waals surface area (Å²) in [6.07, 6.45) is 1.40.